The van der Waals surface area contributed by atoms with E-state index >= 15 is 0 Å². The number of hydrogen-bond donors (Lipinski definition) is 1. The minimum atomic E-state index is -0.395. The van der Waals surface area contributed by atoms with Crippen molar-refractivity contribution in [2.75, 3.05) is 14.2 Å². The van der Waals surface area contributed by atoms with Crippen LogP contribution in [0.15, 0.2) is 84.4 Å². The molecule has 196 valence electrons. The van der Waals surface area contributed by atoms with Gasteiger partial charge in [0.05, 0.1) is 25.8 Å². The van der Waals surface area contributed by atoms with Crippen molar-refractivity contribution in [3.05, 3.63) is 101 Å². The lowest BCUT2D eigenvalue weighted by atomic mass is 9.88. The van der Waals surface area contributed by atoms with E-state index in [4.69, 9.17) is 14.2 Å². The van der Waals surface area contributed by atoms with Crippen LogP contribution in [0, 0.1) is 0 Å². The molecule has 3 aromatic rings. The summed E-state index contributed by atoms with van der Waals surface area (Å²) >= 11 is 0. The number of hydrogen-bond acceptors (Lipinski definition) is 5. The van der Waals surface area contributed by atoms with Gasteiger partial charge in [-0.3, -0.25) is 0 Å². The molecule has 0 spiro atoms. The Bertz CT molecular complexity index is 1320. The van der Waals surface area contributed by atoms with Crippen LogP contribution in [0.5, 0.6) is 11.5 Å². The van der Waals surface area contributed by atoms with Crippen LogP contribution in [0.2, 0.25) is 0 Å². The van der Waals surface area contributed by atoms with Gasteiger partial charge in [-0.25, -0.2) is 9.59 Å². The second kappa shape index (κ2) is 11.4. The average molecular weight is 513 g/mol. The lowest BCUT2D eigenvalue weighted by Crippen LogP contribution is -2.50. The second-order valence-electron chi connectivity index (χ2n) is 9.55. The molecular weight excluding hydrogens is 480 g/mol. The van der Waals surface area contributed by atoms with Gasteiger partial charge in [-0.15, -0.1) is 0 Å². The Hall–Kier alpha value is -4.26. The molecule has 1 saturated heterocycles. The van der Waals surface area contributed by atoms with Gasteiger partial charge < -0.3 is 24.4 Å². The molecule has 0 saturated carbocycles. The molecule has 38 heavy (non-hydrogen) atoms. The van der Waals surface area contributed by atoms with Gasteiger partial charge in [0.15, 0.2) is 0 Å². The monoisotopic (exact) mass is 512 g/mol. The molecule has 2 aliphatic rings. The summed E-state index contributed by atoms with van der Waals surface area (Å²) in [5.41, 5.74) is 4.46. The zero-order valence-electron chi connectivity index (χ0n) is 21.7. The molecule has 0 aliphatic carbocycles. The highest BCUT2D eigenvalue weighted by Crippen LogP contribution is 2.44. The Kier molecular flexibility index (Phi) is 7.63. The Labute approximate surface area is 223 Å². The molecular formula is C31H32N2O5. The highest BCUT2D eigenvalue weighted by molar-refractivity contribution is 6.01. The Morgan fingerprint density at radius 2 is 1.68 bits per heavy atom. The highest BCUT2D eigenvalue weighted by atomic mass is 16.5. The molecule has 0 unspecified atom stereocenters. The molecule has 2 bridgehead atoms. The quantitative estimate of drug-likeness (QED) is 0.412. The highest BCUT2D eigenvalue weighted by Gasteiger charge is 2.46. The van der Waals surface area contributed by atoms with Gasteiger partial charge in [0, 0.05) is 12.6 Å². The number of nitrogens with one attached hydrogen (secondary N) is 1. The maximum atomic E-state index is 13.3. The lowest BCUT2D eigenvalue weighted by molar-refractivity contribution is -0.136. The molecule has 3 aromatic carbocycles. The van der Waals surface area contributed by atoms with Gasteiger partial charge >= 0.3 is 12.0 Å². The first-order valence-electron chi connectivity index (χ1n) is 12.8. The topological polar surface area (TPSA) is 77.1 Å². The smallest absolute Gasteiger partial charge is 0.336 e. The number of urea groups is 1. The molecule has 0 aromatic heterocycles. The van der Waals surface area contributed by atoms with E-state index in [1.165, 1.54) is 7.11 Å². The Morgan fingerprint density at radius 1 is 0.895 bits per heavy atom. The third kappa shape index (κ3) is 5.37. The minimum absolute atomic E-state index is 0.00756. The summed E-state index contributed by atoms with van der Waals surface area (Å²) < 4.78 is 16.5. The number of carbonyl (C=O) groups excluding carboxylic acids is 2. The molecule has 2 heterocycles. The maximum Gasteiger partial charge on any atom is 0.336 e. The van der Waals surface area contributed by atoms with Gasteiger partial charge in [-0.05, 0) is 65.8 Å². The standard InChI is InChI=1S/C31H32N2O5/c1-36-25-14-11-21(12-15-25)19-32-31(35)33-24-13-16-28(33)29(30(34)37-2)27(18-24)23-9-6-10-26(17-23)38-20-22-7-4-3-5-8-22/h3-12,14-15,17,24,28H,13,16,18-20H2,1-2H3,(H,32,35)/t24-,28+/m0/s1. The Balaban J connectivity index is 1.36. The fourth-order valence-corrected chi connectivity index (χ4v) is 5.39. The van der Waals surface area contributed by atoms with E-state index in [1.54, 1.807) is 7.11 Å². The van der Waals surface area contributed by atoms with Crippen LogP contribution in [0.1, 0.15) is 36.0 Å². The van der Waals surface area contributed by atoms with E-state index in [0.717, 1.165) is 46.6 Å². The van der Waals surface area contributed by atoms with Crippen molar-refractivity contribution in [1.82, 2.24) is 10.2 Å². The van der Waals surface area contributed by atoms with Crippen LogP contribution < -0.4 is 14.8 Å². The fraction of sp³-hybridized carbons (Fsp3) is 0.290. The summed E-state index contributed by atoms with van der Waals surface area (Å²) in [7, 11) is 3.01. The summed E-state index contributed by atoms with van der Waals surface area (Å²) in [4.78, 5) is 28.2. The van der Waals surface area contributed by atoms with E-state index in [2.05, 4.69) is 5.32 Å². The van der Waals surface area contributed by atoms with Crippen molar-refractivity contribution >= 4 is 17.6 Å². The summed E-state index contributed by atoms with van der Waals surface area (Å²) in [5.74, 6) is 1.10. The number of esters is 1. The molecule has 0 radical (unpaired) electrons. The SMILES string of the molecule is COC(=O)C1=C(c2cccc(OCc3ccccc3)c2)C[C@@H]2CC[C@H]1N2C(=O)NCc1ccc(OC)cc1. The number of ether oxygens (including phenoxy) is 3. The third-order valence-corrected chi connectivity index (χ3v) is 7.27. The van der Waals surface area contributed by atoms with Crippen LogP contribution in [-0.2, 0) is 22.7 Å². The van der Waals surface area contributed by atoms with Crippen molar-refractivity contribution in [1.29, 1.82) is 0 Å². The lowest BCUT2D eigenvalue weighted by Gasteiger charge is -2.37. The van der Waals surface area contributed by atoms with Gasteiger partial charge in [0.2, 0.25) is 0 Å². The predicted molar refractivity (Wildman–Crippen MR) is 145 cm³/mol. The summed E-state index contributed by atoms with van der Waals surface area (Å²) in [5, 5.41) is 3.03. The molecule has 2 atom stereocenters. The predicted octanol–water partition coefficient (Wildman–Crippen LogP) is 5.35. The average Bonchev–Trinajstić information content (AvgIpc) is 3.28. The number of nitrogens with zero attached hydrogens (tertiary/aromatic N) is 1. The van der Waals surface area contributed by atoms with Crippen molar-refractivity contribution < 1.29 is 23.8 Å². The summed E-state index contributed by atoms with van der Waals surface area (Å²) in [6, 6.07) is 24.9. The van der Waals surface area contributed by atoms with E-state index in [1.807, 2.05) is 83.8 Å². The third-order valence-electron chi connectivity index (χ3n) is 7.27. The van der Waals surface area contributed by atoms with E-state index in [-0.39, 0.29) is 18.1 Å². The maximum absolute atomic E-state index is 13.3. The van der Waals surface area contributed by atoms with Crippen molar-refractivity contribution in [3.63, 3.8) is 0 Å². The normalized spacial score (nSPS) is 18.2. The first kappa shape index (κ1) is 25.4. The van der Waals surface area contributed by atoms with Crippen LogP contribution in [0.3, 0.4) is 0 Å². The van der Waals surface area contributed by atoms with Gasteiger partial charge in [0.25, 0.3) is 0 Å². The summed E-state index contributed by atoms with van der Waals surface area (Å²) in [6.07, 6.45) is 2.13. The number of amides is 2. The van der Waals surface area contributed by atoms with E-state index in [0.29, 0.717) is 25.1 Å². The van der Waals surface area contributed by atoms with Gasteiger partial charge in [-0.1, -0.05) is 54.6 Å². The van der Waals surface area contributed by atoms with Crippen LogP contribution in [-0.4, -0.2) is 43.2 Å². The van der Waals surface area contributed by atoms with E-state index < -0.39 is 5.97 Å². The number of fused-ring (bicyclic) bond motifs is 2. The van der Waals surface area contributed by atoms with E-state index in [9.17, 15) is 9.59 Å². The molecule has 7 heteroatoms. The second-order valence-corrected chi connectivity index (χ2v) is 9.55. The molecule has 2 amide bonds. The first-order valence-corrected chi connectivity index (χ1v) is 12.8. The molecule has 7 nitrogen and oxygen atoms in total. The molecule has 5 rings (SSSR count). The number of methoxy groups -OCH3 is 2. The zero-order valence-corrected chi connectivity index (χ0v) is 21.7. The van der Waals surface area contributed by atoms with Crippen molar-refractivity contribution in [3.8, 4) is 11.5 Å². The first-order chi connectivity index (χ1) is 18.6. The van der Waals surface area contributed by atoms with Gasteiger partial charge in [-0.2, -0.15) is 0 Å². The molecule has 1 N–H and O–H groups in total. The number of rotatable bonds is 8. The molecule has 1 fully saturated rings. The zero-order chi connectivity index (χ0) is 26.5. The van der Waals surface area contributed by atoms with Crippen LogP contribution >= 0.6 is 0 Å². The minimum Gasteiger partial charge on any atom is -0.497 e. The largest absolute Gasteiger partial charge is 0.497 e. The van der Waals surface area contributed by atoms with Crippen LogP contribution in [0.25, 0.3) is 5.57 Å². The molecule has 2 aliphatic heterocycles. The van der Waals surface area contributed by atoms with Crippen molar-refractivity contribution in [2.24, 2.45) is 0 Å². The van der Waals surface area contributed by atoms with Crippen LogP contribution in [0.4, 0.5) is 4.79 Å². The fourth-order valence-electron chi connectivity index (χ4n) is 5.39. The summed E-state index contributed by atoms with van der Waals surface area (Å²) in [6.45, 7) is 0.851. The van der Waals surface area contributed by atoms with Crippen molar-refractivity contribution in [2.45, 2.75) is 44.5 Å². The van der Waals surface area contributed by atoms with Gasteiger partial charge in [0.1, 0.15) is 18.1 Å². The Morgan fingerprint density at radius 3 is 2.42 bits per heavy atom. The number of benzene rings is 3. The number of carbonyl (C=O) groups is 2.